The number of rotatable bonds is 7. The van der Waals surface area contributed by atoms with Crippen LogP contribution in [0.3, 0.4) is 0 Å². The molecule has 0 bridgehead atoms. The minimum absolute atomic E-state index is 0.760. The molecule has 0 saturated carbocycles. The molecule has 0 aliphatic carbocycles. The van der Waals surface area contributed by atoms with Crippen LogP contribution in [-0.2, 0) is 4.74 Å². The Morgan fingerprint density at radius 2 is 2.36 bits per heavy atom. The number of likely N-dealkylation sites (N-methyl/N-ethyl adjacent to an activating group) is 1. The lowest BCUT2D eigenvalue weighted by Gasteiger charge is -2.18. The number of hydrogen-bond acceptors (Lipinski definition) is 4. The summed E-state index contributed by atoms with van der Waals surface area (Å²) in [5.41, 5.74) is 0. The molecule has 1 N–H and O–H groups in total. The molecule has 0 amide bonds. The van der Waals surface area contributed by atoms with Gasteiger partial charge in [-0.2, -0.15) is 11.8 Å². The van der Waals surface area contributed by atoms with Crippen LogP contribution < -0.4 is 5.32 Å². The van der Waals surface area contributed by atoms with Crippen molar-refractivity contribution in [3.63, 3.8) is 0 Å². The molecular formula is C10H22N2OS. The van der Waals surface area contributed by atoms with Gasteiger partial charge in [0.05, 0.1) is 6.61 Å². The molecule has 0 aromatic rings. The van der Waals surface area contributed by atoms with Crippen LogP contribution in [0.5, 0.6) is 0 Å². The maximum atomic E-state index is 5.03. The van der Waals surface area contributed by atoms with E-state index in [9.17, 15) is 0 Å². The highest BCUT2D eigenvalue weighted by molar-refractivity contribution is 7.99. The van der Waals surface area contributed by atoms with Crippen LogP contribution in [0, 0.1) is 0 Å². The Balaban J connectivity index is 1.91. The molecule has 1 aliphatic heterocycles. The van der Waals surface area contributed by atoms with Crippen LogP contribution in [0.2, 0.25) is 0 Å². The van der Waals surface area contributed by atoms with E-state index in [0.717, 1.165) is 32.3 Å². The molecule has 1 unspecified atom stereocenters. The second-order valence-corrected chi connectivity index (χ2v) is 4.96. The fraction of sp³-hybridized carbons (Fsp3) is 1.00. The van der Waals surface area contributed by atoms with Gasteiger partial charge in [0.25, 0.3) is 0 Å². The second-order valence-electron chi connectivity index (χ2n) is 3.81. The maximum Gasteiger partial charge on any atom is 0.0589 e. The van der Waals surface area contributed by atoms with Gasteiger partial charge in [-0.15, -0.1) is 0 Å². The highest BCUT2D eigenvalue weighted by atomic mass is 32.2. The first-order valence-electron chi connectivity index (χ1n) is 5.31. The molecule has 1 saturated heterocycles. The summed E-state index contributed by atoms with van der Waals surface area (Å²) in [6, 6.07) is 0.760. The molecule has 3 nitrogen and oxygen atoms in total. The van der Waals surface area contributed by atoms with Crippen molar-refractivity contribution in [1.82, 2.24) is 10.2 Å². The minimum atomic E-state index is 0.760. The predicted octanol–water partition coefficient (Wildman–Crippen LogP) is 0.660. The molecule has 1 rings (SSSR count). The lowest BCUT2D eigenvalue weighted by atomic mass is 10.2. The number of methoxy groups -OCH3 is 1. The molecule has 84 valence electrons. The third kappa shape index (κ3) is 5.20. The van der Waals surface area contributed by atoms with E-state index < -0.39 is 0 Å². The van der Waals surface area contributed by atoms with E-state index in [1.807, 2.05) is 0 Å². The summed E-state index contributed by atoms with van der Waals surface area (Å²) in [5.74, 6) is 2.62. The molecular weight excluding hydrogens is 196 g/mol. The van der Waals surface area contributed by atoms with Gasteiger partial charge < -0.3 is 15.0 Å². The Morgan fingerprint density at radius 3 is 3.00 bits per heavy atom. The van der Waals surface area contributed by atoms with Gasteiger partial charge in [0, 0.05) is 38.5 Å². The van der Waals surface area contributed by atoms with Gasteiger partial charge >= 0.3 is 0 Å². The van der Waals surface area contributed by atoms with Crippen LogP contribution in [-0.4, -0.2) is 62.8 Å². The fourth-order valence-corrected chi connectivity index (χ4v) is 2.70. The largest absolute Gasteiger partial charge is 0.383 e. The summed E-state index contributed by atoms with van der Waals surface area (Å²) in [7, 11) is 3.89. The zero-order valence-corrected chi connectivity index (χ0v) is 10.1. The summed E-state index contributed by atoms with van der Waals surface area (Å²) in [4.78, 5) is 2.30. The summed E-state index contributed by atoms with van der Waals surface area (Å²) in [6.45, 7) is 4.07. The van der Waals surface area contributed by atoms with E-state index >= 15 is 0 Å². The molecule has 0 aromatic heterocycles. The average Bonchev–Trinajstić information content (AvgIpc) is 2.67. The predicted molar refractivity (Wildman–Crippen MR) is 63.1 cm³/mol. The van der Waals surface area contributed by atoms with E-state index in [0.29, 0.717) is 0 Å². The van der Waals surface area contributed by atoms with Crippen molar-refractivity contribution in [3.05, 3.63) is 0 Å². The molecule has 1 aliphatic rings. The molecule has 1 fully saturated rings. The number of ether oxygens (including phenoxy) is 1. The third-order valence-corrected chi connectivity index (χ3v) is 3.70. The van der Waals surface area contributed by atoms with Gasteiger partial charge in [-0.25, -0.2) is 0 Å². The molecule has 4 heteroatoms. The first-order chi connectivity index (χ1) is 6.83. The molecule has 14 heavy (non-hydrogen) atoms. The van der Waals surface area contributed by atoms with Crippen LogP contribution >= 0.6 is 11.8 Å². The highest BCUT2D eigenvalue weighted by Gasteiger charge is 2.13. The van der Waals surface area contributed by atoms with Crippen molar-refractivity contribution in [1.29, 1.82) is 0 Å². The summed E-state index contributed by atoms with van der Waals surface area (Å²) >= 11 is 2.06. The zero-order chi connectivity index (χ0) is 10.2. The Morgan fingerprint density at radius 1 is 1.50 bits per heavy atom. The fourth-order valence-electron chi connectivity index (χ4n) is 1.51. The van der Waals surface area contributed by atoms with Gasteiger partial charge in [0.2, 0.25) is 0 Å². The van der Waals surface area contributed by atoms with Crippen LogP contribution in [0.4, 0.5) is 0 Å². The Bertz CT molecular complexity index is 140. The molecule has 0 aromatic carbocycles. The Kier molecular flexibility index (Phi) is 6.60. The Hall–Kier alpha value is 0.230. The van der Waals surface area contributed by atoms with E-state index in [1.165, 1.54) is 17.9 Å². The first-order valence-corrected chi connectivity index (χ1v) is 6.47. The van der Waals surface area contributed by atoms with E-state index in [1.54, 1.807) is 7.11 Å². The lowest BCUT2D eigenvalue weighted by Crippen LogP contribution is -2.36. The van der Waals surface area contributed by atoms with E-state index in [-0.39, 0.29) is 0 Å². The number of thioether (sulfide) groups is 1. The molecule has 0 spiro atoms. The first kappa shape index (κ1) is 12.3. The zero-order valence-electron chi connectivity index (χ0n) is 9.29. The number of nitrogens with zero attached hydrogens (tertiary/aromatic N) is 1. The summed E-state index contributed by atoms with van der Waals surface area (Å²) < 4.78 is 5.03. The number of nitrogens with one attached hydrogen (secondary N) is 1. The highest BCUT2D eigenvalue weighted by Crippen LogP contribution is 2.16. The Labute approximate surface area is 91.6 Å². The minimum Gasteiger partial charge on any atom is -0.383 e. The van der Waals surface area contributed by atoms with Crippen molar-refractivity contribution in [2.45, 2.75) is 12.5 Å². The SMILES string of the molecule is COCCN(C)CCNC1CCSC1. The third-order valence-electron chi connectivity index (χ3n) is 2.53. The normalized spacial score (nSPS) is 22.1. The summed E-state index contributed by atoms with van der Waals surface area (Å²) in [6.07, 6.45) is 1.34. The smallest absolute Gasteiger partial charge is 0.0589 e. The quantitative estimate of drug-likeness (QED) is 0.678. The van der Waals surface area contributed by atoms with E-state index in [2.05, 4.69) is 29.0 Å². The van der Waals surface area contributed by atoms with Gasteiger partial charge in [0.1, 0.15) is 0 Å². The monoisotopic (exact) mass is 218 g/mol. The van der Waals surface area contributed by atoms with Crippen molar-refractivity contribution >= 4 is 11.8 Å². The van der Waals surface area contributed by atoms with Crippen molar-refractivity contribution < 1.29 is 4.74 Å². The molecule has 1 heterocycles. The van der Waals surface area contributed by atoms with Gasteiger partial charge in [-0.05, 0) is 19.2 Å². The van der Waals surface area contributed by atoms with Crippen molar-refractivity contribution in [2.75, 3.05) is 51.9 Å². The summed E-state index contributed by atoms with van der Waals surface area (Å²) in [5, 5.41) is 3.59. The van der Waals surface area contributed by atoms with Gasteiger partial charge in [-0.1, -0.05) is 0 Å². The standard InChI is InChI=1S/C10H22N2OS/c1-12(6-7-13-2)5-4-11-10-3-8-14-9-10/h10-11H,3-9H2,1-2H3. The molecule has 1 atom stereocenters. The van der Waals surface area contributed by atoms with Crippen molar-refractivity contribution in [3.8, 4) is 0 Å². The number of hydrogen-bond donors (Lipinski definition) is 1. The topological polar surface area (TPSA) is 24.5 Å². The lowest BCUT2D eigenvalue weighted by molar-refractivity contribution is 0.161. The molecule has 0 radical (unpaired) electrons. The van der Waals surface area contributed by atoms with Crippen LogP contribution in [0.25, 0.3) is 0 Å². The second kappa shape index (κ2) is 7.51. The van der Waals surface area contributed by atoms with Crippen LogP contribution in [0.15, 0.2) is 0 Å². The van der Waals surface area contributed by atoms with Crippen molar-refractivity contribution in [2.24, 2.45) is 0 Å². The average molecular weight is 218 g/mol. The maximum absolute atomic E-state index is 5.03. The van der Waals surface area contributed by atoms with Crippen LogP contribution in [0.1, 0.15) is 6.42 Å². The van der Waals surface area contributed by atoms with E-state index in [4.69, 9.17) is 4.74 Å². The van der Waals surface area contributed by atoms with Gasteiger partial charge in [-0.3, -0.25) is 0 Å². The van der Waals surface area contributed by atoms with Gasteiger partial charge in [0.15, 0.2) is 0 Å².